The molecule has 0 bridgehead atoms. The summed E-state index contributed by atoms with van der Waals surface area (Å²) in [6.07, 6.45) is 2.34. The standard InChI is InChI=1S/C12H15Cl2NO.ClH/c13-10-1-2-12(11(14)7-10)16-8-9-3-5-15-6-4-9;/h1-2,7,9,15H,3-6,8H2;1H. The molecule has 0 aromatic heterocycles. The molecule has 1 N–H and O–H groups in total. The molecule has 0 saturated carbocycles. The van der Waals surface area contributed by atoms with Crippen LogP contribution in [0.2, 0.25) is 10.0 Å². The van der Waals surface area contributed by atoms with Gasteiger partial charge in [0.05, 0.1) is 11.6 Å². The summed E-state index contributed by atoms with van der Waals surface area (Å²) in [5, 5.41) is 4.56. The number of benzene rings is 1. The molecule has 0 atom stereocenters. The van der Waals surface area contributed by atoms with Gasteiger partial charge in [-0.15, -0.1) is 12.4 Å². The minimum absolute atomic E-state index is 0. The minimum atomic E-state index is 0. The quantitative estimate of drug-likeness (QED) is 0.916. The Labute approximate surface area is 118 Å². The van der Waals surface area contributed by atoms with Gasteiger partial charge in [-0.3, -0.25) is 0 Å². The van der Waals surface area contributed by atoms with E-state index in [1.165, 1.54) is 12.8 Å². The highest BCUT2D eigenvalue weighted by Gasteiger charge is 2.14. The summed E-state index contributed by atoms with van der Waals surface area (Å²) in [6, 6.07) is 5.33. The van der Waals surface area contributed by atoms with Crippen LogP contribution in [-0.2, 0) is 0 Å². The van der Waals surface area contributed by atoms with E-state index < -0.39 is 0 Å². The van der Waals surface area contributed by atoms with Gasteiger partial charge in [0.25, 0.3) is 0 Å². The number of halogens is 3. The van der Waals surface area contributed by atoms with Gasteiger partial charge in [-0.1, -0.05) is 23.2 Å². The van der Waals surface area contributed by atoms with Crippen molar-refractivity contribution in [2.75, 3.05) is 19.7 Å². The molecule has 2 rings (SSSR count). The highest BCUT2D eigenvalue weighted by molar-refractivity contribution is 6.35. The molecule has 0 radical (unpaired) electrons. The van der Waals surface area contributed by atoms with Gasteiger partial charge in [0, 0.05) is 5.02 Å². The van der Waals surface area contributed by atoms with Gasteiger partial charge in [0.1, 0.15) is 5.75 Å². The zero-order chi connectivity index (χ0) is 11.4. The molecule has 1 aliphatic rings. The molecular formula is C12H16Cl3NO. The fourth-order valence-electron chi connectivity index (χ4n) is 1.85. The van der Waals surface area contributed by atoms with Crippen LogP contribution in [0.15, 0.2) is 18.2 Å². The molecule has 1 fully saturated rings. The summed E-state index contributed by atoms with van der Waals surface area (Å²) in [7, 11) is 0. The highest BCUT2D eigenvalue weighted by Crippen LogP contribution is 2.28. The van der Waals surface area contributed by atoms with Crippen LogP contribution in [0.3, 0.4) is 0 Å². The lowest BCUT2D eigenvalue weighted by Gasteiger charge is -2.22. The smallest absolute Gasteiger partial charge is 0.137 e. The van der Waals surface area contributed by atoms with Crippen LogP contribution in [0.4, 0.5) is 0 Å². The molecule has 0 spiro atoms. The molecule has 0 aliphatic carbocycles. The lowest BCUT2D eigenvalue weighted by molar-refractivity contribution is 0.215. The normalized spacial score (nSPS) is 16.4. The number of piperidine rings is 1. The molecule has 1 aromatic carbocycles. The van der Waals surface area contributed by atoms with Crippen LogP contribution >= 0.6 is 35.6 Å². The predicted octanol–water partition coefficient (Wildman–Crippen LogP) is 3.79. The first-order valence-corrected chi connectivity index (χ1v) is 6.30. The topological polar surface area (TPSA) is 21.3 Å². The fraction of sp³-hybridized carbons (Fsp3) is 0.500. The Balaban J connectivity index is 0.00000144. The maximum Gasteiger partial charge on any atom is 0.137 e. The second-order valence-electron chi connectivity index (χ2n) is 4.08. The highest BCUT2D eigenvalue weighted by atomic mass is 35.5. The Morgan fingerprint density at radius 2 is 1.94 bits per heavy atom. The molecule has 0 unspecified atom stereocenters. The van der Waals surface area contributed by atoms with Crippen LogP contribution in [-0.4, -0.2) is 19.7 Å². The third kappa shape index (κ3) is 4.55. The molecule has 0 amide bonds. The fourth-order valence-corrected chi connectivity index (χ4v) is 2.31. The molecule has 1 aliphatic heterocycles. The Morgan fingerprint density at radius 1 is 1.24 bits per heavy atom. The van der Waals surface area contributed by atoms with Crippen molar-refractivity contribution in [3.63, 3.8) is 0 Å². The van der Waals surface area contributed by atoms with Crippen LogP contribution in [0, 0.1) is 5.92 Å². The van der Waals surface area contributed by atoms with Crippen molar-refractivity contribution in [2.24, 2.45) is 5.92 Å². The van der Waals surface area contributed by atoms with E-state index in [4.69, 9.17) is 27.9 Å². The summed E-state index contributed by atoms with van der Waals surface area (Å²) in [5.74, 6) is 1.36. The summed E-state index contributed by atoms with van der Waals surface area (Å²) >= 11 is 11.8. The number of ether oxygens (including phenoxy) is 1. The van der Waals surface area contributed by atoms with Gasteiger partial charge in [0.2, 0.25) is 0 Å². The van der Waals surface area contributed by atoms with E-state index in [2.05, 4.69) is 5.32 Å². The number of hydrogen-bond donors (Lipinski definition) is 1. The van der Waals surface area contributed by atoms with Gasteiger partial charge in [-0.25, -0.2) is 0 Å². The van der Waals surface area contributed by atoms with E-state index in [1.54, 1.807) is 12.1 Å². The number of rotatable bonds is 3. The largest absolute Gasteiger partial charge is 0.492 e. The van der Waals surface area contributed by atoms with Gasteiger partial charge in [-0.2, -0.15) is 0 Å². The average Bonchev–Trinajstić information content (AvgIpc) is 2.29. The van der Waals surface area contributed by atoms with Crippen LogP contribution < -0.4 is 10.1 Å². The van der Waals surface area contributed by atoms with Crippen molar-refractivity contribution in [3.05, 3.63) is 28.2 Å². The van der Waals surface area contributed by atoms with Gasteiger partial charge >= 0.3 is 0 Å². The van der Waals surface area contributed by atoms with Gasteiger partial charge < -0.3 is 10.1 Å². The number of hydrogen-bond acceptors (Lipinski definition) is 2. The van der Waals surface area contributed by atoms with Crippen LogP contribution in [0.25, 0.3) is 0 Å². The lowest BCUT2D eigenvalue weighted by atomic mass is 9.99. The second-order valence-corrected chi connectivity index (χ2v) is 4.92. The van der Waals surface area contributed by atoms with Crippen molar-refractivity contribution in [1.29, 1.82) is 0 Å². The Bertz CT molecular complexity index is 354. The van der Waals surface area contributed by atoms with Gasteiger partial charge in [-0.05, 0) is 50.0 Å². The van der Waals surface area contributed by atoms with Crippen molar-refractivity contribution in [3.8, 4) is 5.75 Å². The first kappa shape index (κ1) is 14.9. The Morgan fingerprint density at radius 3 is 2.59 bits per heavy atom. The van der Waals surface area contributed by atoms with E-state index in [0.717, 1.165) is 25.4 Å². The molecule has 96 valence electrons. The monoisotopic (exact) mass is 295 g/mol. The van der Waals surface area contributed by atoms with Crippen LogP contribution in [0.1, 0.15) is 12.8 Å². The van der Waals surface area contributed by atoms with E-state index >= 15 is 0 Å². The Hall–Kier alpha value is -0.150. The lowest BCUT2D eigenvalue weighted by Crippen LogP contribution is -2.30. The van der Waals surface area contributed by atoms with Gasteiger partial charge in [0.15, 0.2) is 0 Å². The average molecular weight is 297 g/mol. The summed E-state index contributed by atoms with van der Waals surface area (Å²) in [6.45, 7) is 2.91. The maximum atomic E-state index is 6.03. The van der Waals surface area contributed by atoms with Crippen LogP contribution in [0.5, 0.6) is 5.75 Å². The molecule has 1 aromatic rings. The SMILES string of the molecule is Cl.Clc1ccc(OCC2CCNCC2)c(Cl)c1. The second kappa shape index (κ2) is 7.32. The van der Waals surface area contributed by atoms with E-state index in [1.807, 2.05) is 6.07 Å². The third-order valence-electron chi connectivity index (χ3n) is 2.83. The molecule has 5 heteroatoms. The molecule has 2 nitrogen and oxygen atoms in total. The molecular weight excluding hydrogens is 280 g/mol. The van der Waals surface area contributed by atoms with E-state index in [9.17, 15) is 0 Å². The third-order valence-corrected chi connectivity index (χ3v) is 3.36. The maximum absolute atomic E-state index is 6.03. The minimum Gasteiger partial charge on any atom is -0.492 e. The molecule has 17 heavy (non-hydrogen) atoms. The summed E-state index contributed by atoms with van der Waals surface area (Å²) in [5.41, 5.74) is 0. The zero-order valence-corrected chi connectivity index (χ0v) is 11.7. The molecule has 1 heterocycles. The van der Waals surface area contributed by atoms with E-state index in [0.29, 0.717) is 16.0 Å². The first-order valence-electron chi connectivity index (χ1n) is 5.54. The van der Waals surface area contributed by atoms with Crippen molar-refractivity contribution >= 4 is 35.6 Å². The molecule has 1 saturated heterocycles. The van der Waals surface area contributed by atoms with Crippen molar-refractivity contribution in [1.82, 2.24) is 5.32 Å². The number of nitrogens with one attached hydrogen (secondary N) is 1. The summed E-state index contributed by atoms with van der Waals surface area (Å²) in [4.78, 5) is 0. The van der Waals surface area contributed by atoms with Crippen molar-refractivity contribution in [2.45, 2.75) is 12.8 Å². The Kier molecular flexibility index (Phi) is 6.42. The zero-order valence-electron chi connectivity index (χ0n) is 9.42. The van der Waals surface area contributed by atoms with Crippen molar-refractivity contribution < 1.29 is 4.74 Å². The predicted molar refractivity (Wildman–Crippen MR) is 74.8 cm³/mol. The summed E-state index contributed by atoms with van der Waals surface area (Å²) < 4.78 is 5.71. The van der Waals surface area contributed by atoms with E-state index in [-0.39, 0.29) is 12.4 Å². The first-order chi connectivity index (χ1) is 7.75.